The first-order chi connectivity index (χ1) is 7.27. The Hall–Kier alpha value is -1.56. The fraction of sp³-hybridized carbons (Fsp3) is 0.222. The molecule has 0 radical (unpaired) electrons. The molecule has 78 valence electrons. The van der Waals surface area contributed by atoms with Crippen molar-refractivity contribution in [3.05, 3.63) is 30.5 Å². The lowest BCUT2D eigenvalue weighted by Gasteiger charge is -2.02. The number of aryl methyl sites for hydroxylation is 1. The van der Waals surface area contributed by atoms with Crippen LogP contribution in [0.2, 0.25) is 0 Å². The third-order valence-corrected chi connectivity index (χ3v) is 2.96. The molecule has 0 aliphatic carbocycles. The molecule has 2 heterocycles. The molecule has 0 amide bonds. The molecule has 0 unspecified atom stereocenters. The molecule has 2 aromatic rings. The molecule has 0 aliphatic heterocycles. The molecule has 0 fully saturated rings. The minimum Gasteiger partial charge on any atom is -0.397 e. The van der Waals surface area contributed by atoms with Gasteiger partial charge in [0.05, 0.1) is 11.4 Å². The Morgan fingerprint density at radius 3 is 3.07 bits per heavy atom. The third-order valence-electron chi connectivity index (χ3n) is 1.94. The van der Waals surface area contributed by atoms with Crippen LogP contribution in [0.25, 0.3) is 0 Å². The zero-order valence-electron chi connectivity index (χ0n) is 8.29. The lowest BCUT2D eigenvalue weighted by molar-refractivity contribution is 0.848. The van der Waals surface area contributed by atoms with Gasteiger partial charge in [-0.15, -0.1) is 10.2 Å². The number of aromatic nitrogens is 4. The van der Waals surface area contributed by atoms with Crippen LogP contribution in [0.15, 0.2) is 29.7 Å². The van der Waals surface area contributed by atoms with Gasteiger partial charge < -0.3 is 10.3 Å². The number of nitrogens with two attached hydrogens (primary N) is 1. The molecule has 2 N–H and O–H groups in total. The quantitative estimate of drug-likeness (QED) is 0.785. The first-order valence-electron chi connectivity index (χ1n) is 4.43. The standard InChI is InChI=1S/C9H11N5S/c1-14-6-12-13-8(14)5-15-9-7(10)3-2-4-11-9/h2-4,6H,5,10H2,1H3. The molecule has 0 bridgehead atoms. The van der Waals surface area contributed by atoms with Crippen LogP contribution in [-0.2, 0) is 12.8 Å². The largest absolute Gasteiger partial charge is 0.397 e. The fourth-order valence-electron chi connectivity index (χ4n) is 1.09. The second-order valence-corrected chi connectivity index (χ2v) is 4.01. The zero-order valence-corrected chi connectivity index (χ0v) is 9.11. The maximum Gasteiger partial charge on any atom is 0.142 e. The Bertz CT molecular complexity index is 453. The van der Waals surface area contributed by atoms with Gasteiger partial charge in [-0.1, -0.05) is 11.8 Å². The minimum atomic E-state index is 0.699. The maximum atomic E-state index is 5.77. The Morgan fingerprint density at radius 2 is 2.40 bits per heavy atom. The van der Waals surface area contributed by atoms with Gasteiger partial charge in [-0.25, -0.2) is 4.98 Å². The van der Waals surface area contributed by atoms with Crippen molar-refractivity contribution in [1.29, 1.82) is 0 Å². The van der Waals surface area contributed by atoms with E-state index in [1.807, 2.05) is 23.7 Å². The number of nitrogen functional groups attached to an aromatic ring is 1. The molecule has 0 spiro atoms. The van der Waals surface area contributed by atoms with Gasteiger partial charge in [0.25, 0.3) is 0 Å². The lowest BCUT2D eigenvalue weighted by Crippen LogP contribution is -1.96. The molecular formula is C9H11N5S. The van der Waals surface area contributed by atoms with Gasteiger partial charge in [-0.05, 0) is 12.1 Å². The van der Waals surface area contributed by atoms with Gasteiger partial charge in [0.15, 0.2) is 0 Å². The van der Waals surface area contributed by atoms with E-state index in [1.54, 1.807) is 24.3 Å². The third kappa shape index (κ3) is 2.27. The Morgan fingerprint density at radius 1 is 1.53 bits per heavy atom. The zero-order chi connectivity index (χ0) is 10.7. The van der Waals surface area contributed by atoms with Crippen molar-refractivity contribution >= 4 is 17.4 Å². The van der Waals surface area contributed by atoms with Gasteiger partial charge in [0, 0.05) is 13.2 Å². The van der Waals surface area contributed by atoms with Crippen molar-refractivity contribution in [2.45, 2.75) is 10.8 Å². The van der Waals surface area contributed by atoms with Gasteiger partial charge in [0.2, 0.25) is 0 Å². The average molecular weight is 221 g/mol. The van der Waals surface area contributed by atoms with E-state index < -0.39 is 0 Å². The highest BCUT2D eigenvalue weighted by Gasteiger charge is 2.04. The molecule has 0 saturated heterocycles. The maximum absolute atomic E-state index is 5.77. The molecule has 0 saturated carbocycles. The summed E-state index contributed by atoms with van der Waals surface area (Å²) < 4.78 is 1.88. The number of pyridine rings is 1. The Labute approximate surface area is 91.7 Å². The summed E-state index contributed by atoms with van der Waals surface area (Å²) >= 11 is 1.56. The number of anilines is 1. The SMILES string of the molecule is Cn1cnnc1CSc1ncccc1N. The van der Waals surface area contributed by atoms with Crippen molar-refractivity contribution in [3.8, 4) is 0 Å². The second-order valence-electron chi connectivity index (χ2n) is 3.04. The van der Waals surface area contributed by atoms with Crippen LogP contribution in [0, 0.1) is 0 Å². The molecule has 2 rings (SSSR count). The van der Waals surface area contributed by atoms with Gasteiger partial charge in [0.1, 0.15) is 17.2 Å². The molecule has 0 atom stereocenters. The summed E-state index contributed by atoms with van der Waals surface area (Å²) in [6.45, 7) is 0. The monoisotopic (exact) mass is 221 g/mol. The predicted octanol–water partition coefficient (Wildman–Crippen LogP) is 1.08. The summed E-state index contributed by atoms with van der Waals surface area (Å²) in [5, 5.41) is 8.62. The van der Waals surface area contributed by atoms with Crippen LogP contribution in [-0.4, -0.2) is 19.7 Å². The molecule has 0 aromatic carbocycles. The van der Waals surface area contributed by atoms with Crippen molar-refractivity contribution in [2.75, 3.05) is 5.73 Å². The number of rotatable bonds is 3. The Kier molecular flexibility index (Phi) is 2.86. The molecular weight excluding hydrogens is 210 g/mol. The predicted molar refractivity (Wildman–Crippen MR) is 59.2 cm³/mol. The highest BCUT2D eigenvalue weighted by molar-refractivity contribution is 7.98. The number of hydrogen-bond donors (Lipinski definition) is 1. The molecule has 6 heteroatoms. The van der Waals surface area contributed by atoms with Crippen molar-refractivity contribution < 1.29 is 0 Å². The van der Waals surface area contributed by atoms with Crippen LogP contribution in [0.1, 0.15) is 5.82 Å². The number of thioether (sulfide) groups is 1. The smallest absolute Gasteiger partial charge is 0.142 e. The summed E-state index contributed by atoms with van der Waals surface area (Å²) in [5.74, 6) is 1.63. The van der Waals surface area contributed by atoms with Gasteiger partial charge >= 0.3 is 0 Å². The van der Waals surface area contributed by atoms with E-state index in [1.165, 1.54) is 0 Å². The van der Waals surface area contributed by atoms with Crippen LogP contribution >= 0.6 is 11.8 Å². The summed E-state index contributed by atoms with van der Waals surface area (Å²) in [6.07, 6.45) is 3.41. The van der Waals surface area contributed by atoms with Crippen molar-refractivity contribution in [3.63, 3.8) is 0 Å². The Balaban J connectivity index is 2.06. The van der Waals surface area contributed by atoms with Gasteiger partial charge in [-0.2, -0.15) is 0 Å². The summed E-state index contributed by atoms with van der Waals surface area (Å²) in [7, 11) is 1.91. The molecule has 15 heavy (non-hydrogen) atoms. The van der Waals surface area contributed by atoms with E-state index in [0.717, 1.165) is 16.6 Å². The van der Waals surface area contributed by atoms with E-state index in [-0.39, 0.29) is 0 Å². The summed E-state index contributed by atoms with van der Waals surface area (Å²) in [6, 6.07) is 3.66. The van der Waals surface area contributed by atoms with Crippen LogP contribution in [0.5, 0.6) is 0 Å². The number of hydrogen-bond acceptors (Lipinski definition) is 5. The van der Waals surface area contributed by atoms with Crippen molar-refractivity contribution in [1.82, 2.24) is 19.7 Å². The second kappa shape index (κ2) is 4.31. The molecule has 0 aliphatic rings. The van der Waals surface area contributed by atoms with Crippen molar-refractivity contribution in [2.24, 2.45) is 7.05 Å². The van der Waals surface area contributed by atoms with Crippen LogP contribution in [0.4, 0.5) is 5.69 Å². The molecule has 2 aromatic heterocycles. The first-order valence-corrected chi connectivity index (χ1v) is 5.42. The van der Waals surface area contributed by atoms with E-state index in [9.17, 15) is 0 Å². The van der Waals surface area contributed by atoms with E-state index in [2.05, 4.69) is 15.2 Å². The molecule has 5 nitrogen and oxygen atoms in total. The topological polar surface area (TPSA) is 69.6 Å². The van der Waals surface area contributed by atoms with E-state index >= 15 is 0 Å². The van der Waals surface area contributed by atoms with Crippen LogP contribution < -0.4 is 5.73 Å². The van der Waals surface area contributed by atoms with Crippen LogP contribution in [0.3, 0.4) is 0 Å². The summed E-state index contributed by atoms with van der Waals surface area (Å²) in [4.78, 5) is 4.19. The fourth-order valence-corrected chi connectivity index (χ4v) is 1.99. The number of nitrogens with zero attached hydrogens (tertiary/aromatic N) is 4. The van der Waals surface area contributed by atoms with E-state index in [4.69, 9.17) is 5.73 Å². The normalized spacial score (nSPS) is 10.5. The average Bonchev–Trinajstić information content (AvgIpc) is 2.63. The van der Waals surface area contributed by atoms with Gasteiger partial charge in [-0.3, -0.25) is 0 Å². The summed E-state index contributed by atoms with van der Waals surface area (Å²) in [5.41, 5.74) is 6.47. The minimum absolute atomic E-state index is 0.699. The highest BCUT2D eigenvalue weighted by atomic mass is 32.2. The highest BCUT2D eigenvalue weighted by Crippen LogP contribution is 2.24. The lowest BCUT2D eigenvalue weighted by atomic mass is 10.4. The van der Waals surface area contributed by atoms with E-state index in [0.29, 0.717) is 5.69 Å². The first kappa shape index (κ1) is 9.97.